The number of hydrogen-bond donors (Lipinski definition) is 0. The lowest BCUT2D eigenvalue weighted by Crippen LogP contribution is -2.00. The van der Waals surface area contributed by atoms with E-state index in [1.807, 2.05) is 72.8 Å². The normalized spacial score (nSPS) is 11.6. The average Bonchev–Trinajstić information content (AvgIpc) is 1.55. The summed E-state index contributed by atoms with van der Waals surface area (Å²) in [5.41, 5.74) is 29.8. The second-order valence-corrected chi connectivity index (χ2v) is 31.0. The van der Waals surface area contributed by atoms with Crippen molar-refractivity contribution in [2.45, 2.75) is 0 Å². The Hall–Kier alpha value is -16.5. The van der Waals surface area contributed by atoms with Gasteiger partial charge in [0.05, 0.1) is 55.3 Å². The summed E-state index contributed by atoms with van der Waals surface area (Å²) in [6.07, 6.45) is 0. The van der Waals surface area contributed by atoms with Crippen molar-refractivity contribution < 1.29 is 0 Å². The zero-order chi connectivity index (χ0) is 80.6. The molecular weight excluding hydrogens is 1480 g/mol. The fraction of sp³-hybridized carbons (Fsp3) is 0. The number of para-hydroxylation sites is 5. The Kier molecular flexibility index (Phi) is 17.4. The molecule has 6 heterocycles. The van der Waals surface area contributed by atoms with Crippen molar-refractivity contribution in [3.8, 4) is 124 Å². The van der Waals surface area contributed by atoms with Gasteiger partial charge in [0.1, 0.15) is 0 Å². The first kappa shape index (κ1) is 70.9. The fourth-order valence-electron chi connectivity index (χ4n) is 18.3. The van der Waals surface area contributed by atoms with Crippen molar-refractivity contribution in [3.05, 3.63) is 443 Å². The minimum absolute atomic E-state index is 0.629. The van der Waals surface area contributed by atoms with Gasteiger partial charge in [0.25, 0.3) is 0 Å². The van der Waals surface area contributed by atoms with E-state index in [1.165, 1.54) is 104 Å². The number of fused-ring (bicyclic) bond motifs is 15. The highest BCUT2D eigenvalue weighted by Crippen LogP contribution is 2.47. The number of hydrogen-bond acceptors (Lipinski definition) is 5. The summed E-state index contributed by atoms with van der Waals surface area (Å²) in [5, 5.41) is 10.7. The molecule has 122 heavy (non-hydrogen) atoms. The van der Waals surface area contributed by atoms with Crippen LogP contribution in [0.4, 0.5) is 0 Å². The van der Waals surface area contributed by atoms with Crippen molar-refractivity contribution in [2.24, 2.45) is 0 Å². The van der Waals surface area contributed by atoms with Gasteiger partial charge in [-0.05, 0) is 172 Å². The largest absolute Gasteiger partial charge is 0.309 e. The molecule has 0 spiro atoms. The van der Waals surface area contributed by atoms with Gasteiger partial charge in [0.2, 0.25) is 0 Å². The third-order valence-corrected chi connectivity index (χ3v) is 23.8. The molecule has 0 atom stereocenters. The number of aromatic nitrogens is 9. The van der Waals surface area contributed by atoms with Crippen LogP contribution in [0.2, 0.25) is 0 Å². The summed E-state index contributed by atoms with van der Waals surface area (Å²) in [6.45, 7) is 0. The van der Waals surface area contributed by atoms with E-state index < -0.39 is 0 Å². The molecule has 0 saturated carbocycles. The first-order valence-corrected chi connectivity index (χ1v) is 41.4. The lowest BCUT2D eigenvalue weighted by atomic mass is 9.98. The highest BCUT2D eigenvalue weighted by atomic mass is 15.1. The molecule has 0 radical (unpaired) electrons. The second-order valence-electron chi connectivity index (χ2n) is 31.0. The van der Waals surface area contributed by atoms with Crippen LogP contribution in [-0.2, 0) is 0 Å². The molecule has 24 rings (SSSR count). The summed E-state index contributed by atoms with van der Waals surface area (Å²) >= 11 is 0. The maximum absolute atomic E-state index is 5.17. The Morgan fingerprint density at radius 2 is 0.426 bits per heavy atom. The Bertz CT molecular complexity index is 7950. The maximum atomic E-state index is 5.17. The molecule has 0 unspecified atom stereocenters. The fourth-order valence-corrected chi connectivity index (χ4v) is 18.3. The molecule has 6 aromatic heterocycles. The average molecular weight is 1560 g/mol. The van der Waals surface area contributed by atoms with E-state index in [2.05, 4.69) is 388 Å². The molecule has 18 aromatic carbocycles. The third-order valence-electron chi connectivity index (χ3n) is 23.8. The van der Waals surface area contributed by atoms with Gasteiger partial charge in [-0.25, -0.2) is 24.9 Å². The molecule has 0 aliphatic carbocycles. The summed E-state index contributed by atoms with van der Waals surface area (Å²) in [4.78, 5) is 25.2. The van der Waals surface area contributed by atoms with Gasteiger partial charge in [-0.3, -0.25) is 0 Å². The Morgan fingerprint density at radius 3 is 0.787 bits per heavy atom. The number of nitrogens with zero attached hydrogens (tertiary/aromatic N) is 9. The van der Waals surface area contributed by atoms with Crippen LogP contribution in [0.1, 0.15) is 0 Å². The molecule has 0 N–H and O–H groups in total. The van der Waals surface area contributed by atoms with E-state index in [4.69, 9.17) is 24.9 Å². The molecule has 0 amide bonds. The van der Waals surface area contributed by atoms with E-state index >= 15 is 0 Å². The van der Waals surface area contributed by atoms with Crippen LogP contribution in [0, 0.1) is 0 Å². The van der Waals surface area contributed by atoms with E-state index in [9.17, 15) is 0 Å². The first-order valence-electron chi connectivity index (χ1n) is 41.4. The van der Waals surface area contributed by atoms with E-state index in [-0.39, 0.29) is 0 Å². The summed E-state index contributed by atoms with van der Waals surface area (Å²) in [5.74, 6) is 2.62. The monoisotopic (exact) mass is 1560 g/mol. The standard InChI is InChI=1S/C57H37N5.C56H36N4/c1-5-17-38(18-6-1)43-35-44(39-19-7-2-8-20-39)37-46(36-43)61-51-28-16-14-26-49(51)53-52(61)34-33-48-47-25-13-15-27-50(47)62(54(48)53)45-31-29-42(30-32-45)57-59-55(40-21-9-3-10-22-40)58-56(60-57)41-23-11-4-12-24-41;1-4-16-37(17-5-1)41-34-42(38-18-6-2-7-19-38)36-44(35-41)59-51-27-15-12-24-48(51)53-52(59)33-32-46-45-22-11-14-26-50(45)60(55(46)53)43-30-28-40(29-31-43)56-57-49-25-13-10-23-47(49)54(58-56)39-20-8-3-9-21-39/h1-37H;1-36H. The van der Waals surface area contributed by atoms with E-state index in [0.717, 1.165) is 94.7 Å². The quantitative estimate of drug-likeness (QED) is 0.115. The SMILES string of the molecule is c1ccc(-c2cc(-c3ccccc3)cc(-n3c4ccccc4c4c3ccc3c5ccccc5n(-c5ccc(-c6nc(-c7ccccc7)c7ccccc7n6)cc5)c34)c2)cc1.c1ccc(-c2cc(-c3ccccc3)cc(-n3c4ccccc4c4c3ccc3c5ccccc5n(-c5ccc(-c6nc(-c7ccccc7)nc(-c7ccccc7)n6)cc5)c34)c2)cc1. The van der Waals surface area contributed by atoms with Gasteiger partial charge in [0, 0.05) is 99.0 Å². The summed E-state index contributed by atoms with van der Waals surface area (Å²) < 4.78 is 9.78. The lowest BCUT2D eigenvalue weighted by Gasteiger charge is -2.14. The van der Waals surface area contributed by atoms with Crippen LogP contribution in [0.15, 0.2) is 443 Å². The number of benzene rings is 18. The van der Waals surface area contributed by atoms with Gasteiger partial charge >= 0.3 is 0 Å². The van der Waals surface area contributed by atoms with Gasteiger partial charge in [0.15, 0.2) is 23.3 Å². The van der Waals surface area contributed by atoms with Gasteiger partial charge in [-0.2, -0.15) is 0 Å². The topological polar surface area (TPSA) is 84.2 Å². The van der Waals surface area contributed by atoms with Crippen LogP contribution < -0.4 is 0 Å². The highest BCUT2D eigenvalue weighted by Gasteiger charge is 2.26. The van der Waals surface area contributed by atoms with Crippen LogP contribution in [0.5, 0.6) is 0 Å². The zero-order valence-corrected chi connectivity index (χ0v) is 66.2. The predicted octanol–water partition coefficient (Wildman–Crippen LogP) is 28.9. The Labute approximate surface area is 703 Å². The second kappa shape index (κ2) is 29.9. The summed E-state index contributed by atoms with van der Waals surface area (Å²) in [7, 11) is 0. The van der Waals surface area contributed by atoms with Crippen LogP contribution >= 0.6 is 0 Å². The van der Waals surface area contributed by atoms with Crippen molar-refractivity contribution in [3.63, 3.8) is 0 Å². The predicted molar refractivity (Wildman–Crippen MR) is 506 cm³/mol. The van der Waals surface area contributed by atoms with Crippen molar-refractivity contribution in [2.75, 3.05) is 0 Å². The van der Waals surface area contributed by atoms with Crippen molar-refractivity contribution in [1.82, 2.24) is 43.2 Å². The Balaban J connectivity index is 0.000000142. The number of rotatable bonds is 13. The molecule has 0 aliphatic heterocycles. The molecular formula is C113H73N9. The van der Waals surface area contributed by atoms with Gasteiger partial charge in [-0.15, -0.1) is 0 Å². The molecule has 9 heteroatoms. The van der Waals surface area contributed by atoms with Crippen molar-refractivity contribution in [1.29, 1.82) is 0 Å². The van der Waals surface area contributed by atoms with E-state index in [0.29, 0.717) is 23.3 Å². The molecule has 24 aromatic rings. The zero-order valence-electron chi connectivity index (χ0n) is 66.2. The minimum Gasteiger partial charge on any atom is -0.309 e. The van der Waals surface area contributed by atoms with Crippen LogP contribution in [-0.4, -0.2) is 43.2 Å². The third kappa shape index (κ3) is 12.4. The molecule has 0 bridgehead atoms. The minimum atomic E-state index is 0.629. The molecule has 0 aliphatic rings. The first-order chi connectivity index (χ1) is 60.5. The molecule has 0 fully saturated rings. The maximum Gasteiger partial charge on any atom is 0.164 e. The van der Waals surface area contributed by atoms with E-state index in [1.54, 1.807) is 0 Å². The van der Waals surface area contributed by atoms with Gasteiger partial charge < -0.3 is 18.3 Å². The van der Waals surface area contributed by atoms with Crippen LogP contribution in [0.25, 0.3) is 222 Å². The summed E-state index contributed by atoms with van der Waals surface area (Å²) in [6, 6.07) is 157. The van der Waals surface area contributed by atoms with Crippen LogP contribution in [0.3, 0.4) is 0 Å². The highest BCUT2D eigenvalue weighted by molar-refractivity contribution is 6.28. The molecule has 0 saturated heterocycles. The lowest BCUT2D eigenvalue weighted by molar-refractivity contribution is 1.07. The van der Waals surface area contributed by atoms with Gasteiger partial charge in [-0.1, -0.05) is 315 Å². The molecule has 9 nitrogen and oxygen atoms in total. The van der Waals surface area contributed by atoms with Crippen molar-refractivity contribution >= 4 is 98.1 Å². The Morgan fingerprint density at radius 1 is 0.148 bits per heavy atom. The molecule has 570 valence electrons. The smallest absolute Gasteiger partial charge is 0.164 e.